The summed E-state index contributed by atoms with van der Waals surface area (Å²) in [7, 11) is 0. The Morgan fingerprint density at radius 1 is 1.48 bits per heavy atom. The van der Waals surface area contributed by atoms with Crippen LogP contribution in [0.25, 0.3) is 0 Å². The lowest BCUT2D eigenvalue weighted by Crippen LogP contribution is -2.30. The van der Waals surface area contributed by atoms with Gasteiger partial charge in [-0.2, -0.15) is 0 Å². The molecule has 1 amide bonds. The van der Waals surface area contributed by atoms with E-state index in [4.69, 9.17) is 6.42 Å². The molecule has 0 saturated heterocycles. The van der Waals surface area contributed by atoms with E-state index in [1.807, 2.05) is 35.0 Å². The number of carbonyl (C=O) groups is 1. The van der Waals surface area contributed by atoms with E-state index in [9.17, 15) is 4.79 Å². The van der Waals surface area contributed by atoms with Crippen LogP contribution in [0.2, 0.25) is 0 Å². The maximum atomic E-state index is 11.9. The molecular weight excluding hydrogens is 262 g/mol. The van der Waals surface area contributed by atoms with Crippen molar-refractivity contribution in [1.29, 1.82) is 0 Å². The van der Waals surface area contributed by atoms with Gasteiger partial charge in [0.25, 0.3) is 0 Å². The normalized spacial score (nSPS) is 10.1. The van der Waals surface area contributed by atoms with Crippen molar-refractivity contribution in [3.05, 3.63) is 48.5 Å². The molecule has 108 valence electrons. The van der Waals surface area contributed by atoms with Crippen molar-refractivity contribution < 1.29 is 4.79 Å². The van der Waals surface area contributed by atoms with E-state index in [-0.39, 0.29) is 5.91 Å². The molecule has 0 N–H and O–H groups in total. The number of rotatable bonds is 6. The van der Waals surface area contributed by atoms with Crippen LogP contribution in [0.3, 0.4) is 0 Å². The number of benzene rings is 1. The zero-order valence-corrected chi connectivity index (χ0v) is 12.2. The van der Waals surface area contributed by atoms with Gasteiger partial charge >= 0.3 is 5.91 Å². The van der Waals surface area contributed by atoms with Crippen LogP contribution in [0.5, 0.6) is 0 Å². The van der Waals surface area contributed by atoms with Gasteiger partial charge in [-0.3, -0.25) is 4.79 Å². The molecule has 0 aliphatic rings. The summed E-state index contributed by atoms with van der Waals surface area (Å²) in [6.07, 6.45) is 12.7. The molecule has 0 radical (unpaired) electrons. The number of nitrogens with zero attached hydrogens (tertiary/aromatic N) is 3. The number of imidazole rings is 1. The Kier molecular flexibility index (Phi) is 5.16. The smallest absolute Gasteiger partial charge is 0.302 e. The Morgan fingerprint density at radius 2 is 2.33 bits per heavy atom. The van der Waals surface area contributed by atoms with Crippen molar-refractivity contribution in [2.75, 3.05) is 11.4 Å². The van der Waals surface area contributed by atoms with E-state index in [2.05, 4.69) is 17.8 Å². The second-order valence-corrected chi connectivity index (χ2v) is 4.86. The molecule has 1 aromatic heterocycles. The summed E-state index contributed by atoms with van der Waals surface area (Å²) < 4.78 is 1.98. The van der Waals surface area contributed by atoms with Crippen molar-refractivity contribution in [3.63, 3.8) is 0 Å². The fourth-order valence-electron chi connectivity index (χ4n) is 2.16. The summed E-state index contributed by atoms with van der Waals surface area (Å²) >= 11 is 0. The van der Waals surface area contributed by atoms with Gasteiger partial charge in [-0.1, -0.05) is 25.5 Å². The highest BCUT2D eigenvalue weighted by Gasteiger charge is 2.13. The van der Waals surface area contributed by atoms with E-state index in [0.717, 1.165) is 30.6 Å². The minimum absolute atomic E-state index is 0.289. The topological polar surface area (TPSA) is 38.1 Å². The lowest BCUT2D eigenvalue weighted by molar-refractivity contribution is -0.113. The first kappa shape index (κ1) is 14.9. The van der Waals surface area contributed by atoms with Crippen LogP contribution in [-0.4, -0.2) is 22.0 Å². The van der Waals surface area contributed by atoms with Crippen LogP contribution in [0.15, 0.2) is 43.0 Å². The molecule has 2 aromatic rings. The summed E-state index contributed by atoms with van der Waals surface area (Å²) in [6, 6.07) is 7.90. The molecule has 0 atom stereocenters. The Bertz CT molecular complexity index is 626. The highest BCUT2D eigenvalue weighted by Crippen LogP contribution is 2.18. The van der Waals surface area contributed by atoms with Crippen LogP contribution >= 0.6 is 0 Å². The SMILES string of the molecule is C#CC(=O)N(CCCC)c1cccc(Cn2ccnc2)c1. The molecule has 0 aliphatic heterocycles. The molecule has 0 saturated carbocycles. The van der Waals surface area contributed by atoms with Crippen molar-refractivity contribution >= 4 is 11.6 Å². The Balaban J connectivity index is 2.20. The number of aromatic nitrogens is 2. The minimum Gasteiger partial charge on any atom is -0.333 e. The molecule has 0 bridgehead atoms. The second-order valence-electron chi connectivity index (χ2n) is 4.86. The first-order chi connectivity index (χ1) is 10.2. The maximum Gasteiger partial charge on any atom is 0.302 e. The third-order valence-electron chi connectivity index (χ3n) is 3.25. The predicted octanol–water partition coefficient (Wildman–Crippen LogP) is 2.70. The largest absolute Gasteiger partial charge is 0.333 e. The predicted molar refractivity (Wildman–Crippen MR) is 83.9 cm³/mol. The highest BCUT2D eigenvalue weighted by molar-refractivity contribution is 6.05. The number of hydrogen-bond acceptors (Lipinski definition) is 2. The van der Waals surface area contributed by atoms with Gasteiger partial charge in [0.05, 0.1) is 6.33 Å². The number of hydrogen-bond donors (Lipinski definition) is 0. The van der Waals surface area contributed by atoms with E-state index < -0.39 is 0 Å². The van der Waals surface area contributed by atoms with Crippen LogP contribution in [0.1, 0.15) is 25.3 Å². The molecule has 0 unspecified atom stereocenters. The number of anilines is 1. The summed E-state index contributed by atoms with van der Waals surface area (Å²) in [4.78, 5) is 17.6. The molecule has 0 aliphatic carbocycles. The van der Waals surface area contributed by atoms with Gasteiger partial charge in [0.1, 0.15) is 0 Å². The van der Waals surface area contributed by atoms with Crippen LogP contribution < -0.4 is 4.90 Å². The summed E-state index contributed by atoms with van der Waals surface area (Å²) in [5.74, 6) is 1.92. The molecule has 4 heteroatoms. The number of amides is 1. The van der Waals surface area contributed by atoms with Gasteiger partial charge in [0.15, 0.2) is 0 Å². The summed E-state index contributed by atoms with van der Waals surface area (Å²) in [5, 5.41) is 0. The minimum atomic E-state index is -0.289. The van der Waals surface area contributed by atoms with Crippen molar-refractivity contribution in [3.8, 4) is 12.3 Å². The number of terminal acetylenes is 1. The van der Waals surface area contributed by atoms with Gasteiger partial charge < -0.3 is 9.47 Å². The van der Waals surface area contributed by atoms with Gasteiger partial charge in [-0.25, -0.2) is 4.98 Å². The lowest BCUT2D eigenvalue weighted by Gasteiger charge is -2.21. The second kappa shape index (κ2) is 7.30. The molecule has 1 heterocycles. The zero-order chi connectivity index (χ0) is 15.1. The first-order valence-electron chi connectivity index (χ1n) is 7.07. The molecule has 4 nitrogen and oxygen atoms in total. The van der Waals surface area contributed by atoms with Gasteiger partial charge in [0.2, 0.25) is 0 Å². The summed E-state index contributed by atoms with van der Waals surface area (Å²) in [6.45, 7) is 3.46. The maximum absolute atomic E-state index is 11.9. The third-order valence-corrected chi connectivity index (χ3v) is 3.25. The van der Waals surface area contributed by atoms with Crippen LogP contribution in [-0.2, 0) is 11.3 Å². The molecule has 0 fully saturated rings. The van der Waals surface area contributed by atoms with Crippen molar-refractivity contribution in [1.82, 2.24) is 9.55 Å². The van der Waals surface area contributed by atoms with Crippen molar-refractivity contribution in [2.45, 2.75) is 26.3 Å². The van der Waals surface area contributed by atoms with Gasteiger partial charge in [-0.05, 0) is 30.0 Å². The standard InChI is InChI=1S/C17H19N3O/c1-3-5-10-20(17(21)4-2)16-8-6-7-15(12-16)13-19-11-9-18-14-19/h2,6-9,11-12,14H,3,5,10,13H2,1H3. The van der Waals surface area contributed by atoms with Crippen LogP contribution in [0, 0.1) is 12.3 Å². The van der Waals surface area contributed by atoms with E-state index in [1.54, 1.807) is 17.4 Å². The Hall–Kier alpha value is -2.54. The van der Waals surface area contributed by atoms with E-state index >= 15 is 0 Å². The number of unbranched alkanes of at least 4 members (excludes halogenated alkanes) is 1. The van der Waals surface area contributed by atoms with Gasteiger partial charge in [0, 0.05) is 31.2 Å². The molecule has 2 rings (SSSR count). The average molecular weight is 281 g/mol. The quantitative estimate of drug-likeness (QED) is 0.764. The monoisotopic (exact) mass is 281 g/mol. The Labute approximate surface area is 125 Å². The third kappa shape index (κ3) is 3.96. The van der Waals surface area contributed by atoms with E-state index in [1.165, 1.54) is 0 Å². The Morgan fingerprint density at radius 3 is 3.00 bits per heavy atom. The fourth-order valence-corrected chi connectivity index (χ4v) is 2.16. The average Bonchev–Trinajstić information content (AvgIpc) is 3.00. The molecule has 21 heavy (non-hydrogen) atoms. The summed E-state index contributed by atoms with van der Waals surface area (Å²) in [5.41, 5.74) is 1.96. The fraction of sp³-hybridized carbons (Fsp3) is 0.294. The zero-order valence-electron chi connectivity index (χ0n) is 12.2. The van der Waals surface area contributed by atoms with Gasteiger partial charge in [-0.15, -0.1) is 6.42 Å². The lowest BCUT2D eigenvalue weighted by atomic mass is 10.1. The molecular formula is C17H19N3O. The molecule has 1 aromatic carbocycles. The molecule has 0 spiro atoms. The highest BCUT2D eigenvalue weighted by atomic mass is 16.2. The van der Waals surface area contributed by atoms with Crippen molar-refractivity contribution in [2.24, 2.45) is 0 Å². The van der Waals surface area contributed by atoms with E-state index in [0.29, 0.717) is 6.54 Å². The number of carbonyl (C=O) groups excluding carboxylic acids is 1. The first-order valence-corrected chi connectivity index (χ1v) is 7.07. The van der Waals surface area contributed by atoms with Crippen LogP contribution in [0.4, 0.5) is 5.69 Å².